The van der Waals surface area contributed by atoms with Gasteiger partial charge < -0.3 is 5.11 Å². The predicted octanol–water partition coefficient (Wildman–Crippen LogP) is 2.44. The van der Waals surface area contributed by atoms with E-state index in [0.29, 0.717) is 11.5 Å². The number of nitrogens with zero attached hydrogens (tertiary/aromatic N) is 4. The maximum Gasteiger partial charge on any atom is 0.435 e. The van der Waals surface area contributed by atoms with Crippen molar-refractivity contribution in [3.8, 4) is 5.82 Å². The minimum Gasteiger partial charge on any atom is -0.391 e. The van der Waals surface area contributed by atoms with E-state index in [0.717, 1.165) is 4.68 Å². The summed E-state index contributed by atoms with van der Waals surface area (Å²) in [6.07, 6.45) is -4.70. The van der Waals surface area contributed by atoms with Crippen LogP contribution in [0.25, 0.3) is 5.82 Å². The molecule has 2 aromatic rings. The lowest BCUT2D eigenvalue weighted by Gasteiger charge is -2.04. The molecule has 1 N–H and O–H groups in total. The molecular weight excluding hydrogens is 297 g/mol. The largest absolute Gasteiger partial charge is 0.435 e. The zero-order valence-electron chi connectivity index (χ0n) is 10.5. The number of halogens is 4. The molecule has 0 amide bonds. The fraction of sp³-hybridized carbons (Fsp3) is 0.364. The van der Waals surface area contributed by atoms with Crippen LogP contribution in [-0.2, 0) is 12.8 Å². The molecule has 0 bridgehead atoms. The lowest BCUT2D eigenvalue weighted by molar-refractivity contribution is -0.142. The standard InChI is InChI=1S/C11H10ClF3N4O/c1-5-3-8(17-6(2)16-5)19-10(12)7(4-20)9(18-19)11(13,14)15/h3,20H,4H2,1-2H3. The molecule has 0 atom stereocenters. The number of aryl methyl sites for hydroxylation is 2. The van der Waals surface area contributed by atoms with Crippen molar-refractivity contribution in [1.29, 1.82) is 0 Å². The summed E-state index contributed by atoms with van der Waals surface area (Å²) < 4.78 is 39.3. The lowest BCUT2D eigenvalue weighted by atomic mass is 10.2. The molecule has 108 valence electrons. The van der Waals surface area contributed by atoms with Gasteiger partial charge in [-0.1, -0.05) is 11.6 Å². The van der Waals surface area contributed by atoms with E-state index in [4.69, 9.17) is 16.7 Å². The molecule has 0 saturated carbocycles. The van der Waals surface area contributed by atoms with Gasteiger partial charge in [0, 0.05) is 17.3 Å². The molecule has 9 heteroatoms. The van der Waals surface area contributed by atoms with Gasteiger partial charge in [-0.2, -0.15) is 18.3 Å². The number of aromatic nitrogens is 4. The highest BCUT2D eigenvalue weighted by Crippen LogP contribution is 2.35. The lowest BCUT2D eigenvalue weighted by Crippen LogP contribution is -2.10. The van der Waals surface area contributed by atoms with Crippen LogP contribution in [0.3, 0.4) is 0 Å². The molecule has 2 rings (SSSR count). The second-order valence-corrected chi connectivity index (χ2v) is 4.46. The summed E-state index contributed by atoms with van der Waals surface area (Å²) in [6, 6.07) is 1.45. The van der Waals surface area contributed by atoms with Crippen LogP contribution in [0.4, 0.5) is 13.2 Å². The normalized spacial score (nSPS) is 11.9. The van der Waals surface area contributed by atoms with E-state index in [1.807, 2.05) is 0 Å². The molecule has 5 nitrogen and oxygen atoms in total. The minimum absolute atomic E-state index is 0.116. The first kappa shape index (κ1) is 14.7. The Morgan fingerprint density at radius 2 is 1.95 bits per heavy atom. The SMILES string of the molecule is Cc1cc(-n2nc(C(F)(F)F)c(CO)c2Cl)nc(C)n1. The molecule has 2 aromatic heterocycles. The van der Waals surface area contributed by atoms with Crippen molar-refractivity contribution in [2.24, 2.45) is 0 Å². The smallest absolute Gasteiger partial charge is 0.391 e. The van der Waals surface area contributed by atoms with Gasteiger partial charge in [-0.15, -0.1) is 0 Å². The minimum atomic E-state index is -4.70. The Morgan fingerprint density at radius 1 is 1.30 bits per heavy atom. The second-order valence-electron chi connectivity index (χ2n) is 4.10. The van der Waals surface area contributed by atoms with Crippen LogP contribution < -0.4 is 0 Å². The molecule has 0 radical (unpaired) electrons. The second kappa shape index (κ2) is 5.02. The quantitative estimate of drug-likeness (QED) is 0.925. The van der Waals surface area contributed by atoms with Crippen LogP contribution in [0.5, 0.6) is 0 Å². The van der Waals surface area contributed by atoms with E-state index >= 15 is 0 Å². The van der Waals surface area contributed by atoms with Gasteiger partial charge in [-0.3, -0.25) is 0 Å². The average Bonchev–Trinajstić information content (AvgIpc) is 2.64. The van der Waals surface area contributed by atoms with Crippen LogP contribution in [0, 0.1) is 13.8 Å². The highest BCUT2D eigenvalue weighted by Gasteiger charge is 2.39. The Labute approximate surface area is 117 Å². The van der Waals surface area contributed by atoms with Gasteiger partial charge in [0.05, 0.1) is 6.61 Å². The molecule has 20 heavy (non-hydrogen) atoms. The molecular formula is C11H10ClF3N4O. The molecule has 0 aromatic carbocycles. The summed E-state index contributed by atoms with van der Waals surface area (Å²) in [7, 11) is 0. The number of alkyl halides is 3. The Morgan fingerprint density at radius 3 is 2.40 bits per heavy atom. The number of aliphatic hydroxyl groups excluding tert-OH is 1. The van der Waals surface area contributed by atoms with E-state index in [1.165, 1.54) is 6.07 Å². The van der Waals surface area contributed by atoms with Gasteiger partial charge in [-0.05, 0) is 13.8 Å². The summed E-state index contributed by atoms with van der Waals surface area (Å²) in [5.74, 6) is 0.496. The molecule has 0 aliphatic rings. The molecule has 0 saturated heterocycles. The fourth-order valence-electron chi connectivity index (χ4n) is 1.76. The predicted molar refractivity (Wildman–Crippen MR) is 64.6 cm³/mol. The average molecular weight is 307 g/mol. The van der Waals surface area contributed by atoms with Gasteiger partial charge in [0.2, 0.25) is 0 Å². The van der Waals surface area contributed by atoms with E-state index in [2.05, 4.69) is 15.1 Å². The van der Waals surface area contributed by atoms with Gasteiger partial charge in [0.1, 0.15) is 11.0 Å². The van der Waals surface area contributed by atoms with Gasteiger partial charge in [0.15, 0.2) is 11.5 Å². The van der Waals surface area contributed by atoms with Crippen LogP contribution in [0.2, 0.25) is 5.15 Å². The number of hydrogen-bond donors (Lipinski definition) is 1. The van der Waals surface area contributed by atoms with E-state index in [9.17, 15) is 13.2 Å². The topological polar surface area (TPSA) is 63.8 Å². The van der Waals surface area contributed by atoms with Crippen LogP contribution in [0.1, 0.15) is 22.8 Å². The highest BCUT2D eigenvalue weighted by molar-refractivity contribution is 6.30. The fourth-order valence-corrected chi connectivity index (χ4v) is 2.03. The summed E-state index contributed by atoms with van der Waals surface area (Å²) in [6.45, 7) is 2.41. The maximum atomic E-state index is 12.8. The molecule has 0 fully saturated rings. The molecule has 0 spiro atoms. The molecule has 0 aliphatic heterocycles. The first-order chi connectivity index (χ1) is 9.24. The van der Waals surface area contributed by atoms with E-state index in [1.54, 1.807) is 13.8 Å². The zero-order valence-corrected chi connectivity index (χ0v) is 11.3. The zero-order chi connectivity index (χ0) is 15.1. The third-order valence-electron chi connectivity index (χ3n) is 2.52. The van der Waals surface area contributed by atoms with E-state index in [-0.39, 0.29) is 11.0 Å². The first-order valence-corrected chi connectivity index (χ1v) is 5.90. The van der Waals surface area contributed by atoms with Gasteiger partial charge in [0.25, 0.3) is 0 Å². The monoisotopic (exact) mass is 306 g/mol. The molecule has 0 unspecified atom stereocenters. The Kier molecular flexibility index (Phi) is 3.70. The van der Waals surface area contributed by atoms with Crippen LogP contribution in [0.15, 0.2) is 6.07 Å². The van der Waals surface area contributed by atoms with Gasteiger partial charge in [-0.25, -0.2) is 14.6 Å². The van der Waals surface area contributed by atoms with E-state index < -0.39 is 24.0 Å². The van der Waals surface area contributed by atoms with Crippen LogP contribution in [-0.4, -0.2) is 24.9 Å². The Bertz CT molecular complexity index is 634. The summed E-state index contributed by atoms with van der Waals surface area (Å²) >= 11 is 5.85. The summed E-state index contributed by atoms with van der Waals surface area (Å²) in [5.41, 5.74) is -1.13. The molecule has 2 heterocycles. The maximum absolute atomic E-state index is 12.8. The first-order valence-electron chi connectivity index (χ1n) is 5.52. The van der Waals surface area contributed by atoms with Crippen molar-refractivity contribution >= 4 is 11.6 Å². The molecule has 0 aliphatic carbocycles. The van der Waals surface area contributed by atoms with Crippen molar-refractivity contribution in [3.63, 3.8) is 0 Å². The van der Waals surface area contributed by atoms with Crippen molar-refractivity contribution in [2.45, 2.75) is 26.6 Å². The number of hydrogen-bond acceptors (Lipinski definition) is 4. The Balaban J connectivity index is 2.66. The summed E-state index contributed by atoms with van der Waals surface area (Å²) in [4.78, 5) is 8.01. The number of aliphatic hydroxyl groups is 1. The van der Waals surface area contributed by atoms with Crippen molar-refractivity contribution in [1.82, 2.24) is 19.7 Å². The van der Waals surface area contributed by atoms with Crippen molar-refractivity contribution in [3.05, 3.63) is 34.0 Å². The third-order valence-corrected chi connectivity index (χ3v) is 2.91. The van der Waals surface area contributed by atoms with Crippen molar-refractivity contribution in [2.75, 3.05) is 0 Å². The van der Waals surface area contributed by atoms with Crippen LogP contribution >= 0.6 is 11.6 Å². The van der Waals surface area contributed by atoms with Crippen molar-refractivity contribution < 1.29 is 18.3 Å². The summed E-state index contributed by atoms with van der Waals surface area (Å²) in [5, 5.41) is 12.2. The Hall–Kier alpha value is -1.67. The van der Waals surface area contributed by atoms with Gasteiger partial charge >= 0.3 is 6.18 Å². The highest BCUT2D eigenvalue weighted by atomic mass is 35.5. The third kappa shape index (κ3) is 2.61. The number of rotatable bonds is 2.